The van der Waals surface area contributed by atoms with Crippen molar-refractivity contribution in [3.05, 3.63) is 71.8 Å². The number of likely N-dealkylation sites (tertiary alicyclic amines) is 2. The van der Waals surface area contributed by atoms with E-state index in [0.717, 1.165) is 10.5 Å². The Morgan fingerprint density at radius 3 is 2.19 bits per heavy atom. The Balaban J connectivity index is 1.73. The fourth-order valence-corrected chi connectivity index (χ4v) is 5.69. The molecular formula is C24H23N3O4. The molecule has 3 saturated heterocycles. The van der Waals surface area contributed by atoms with E-state index >= 15 is 0 Å². The molecule has 3 heterocycles. The highest BCUT2D eigenvalue weighted by atomic mass is 16.2. The number of hydrogen-bond acceptors (Lipinski definition) is 4. The van der Waals surface area contributed by atoms with E-state index < -0.39 is 23.4 Å². The third-order valence-electron chi connectivity index (χ3n) is 7.00. The molecule has 4 amide bonds. The minimum Gasteiger partial charge on any atom is -0.342 e. The molecule has 2 aromatic rings. The number of amides is 4. The van der Waals surface area contributed by atoms with E-state index in [2.05, 4.69) is 0 Å². The second-order valence-corrected chi connectivity index (χ2v) is 8.62. The molecule has 3 fully saturated rings. The molecule has 3 aliphatic rings. The lowest BCUT2D eigenvalue weighted by atomic mass is 9.75. The van der Waals surface area contributed by atoms with Crippen LogP contribution in [0.4, 0.5) is 0 Å². The Hall–Kier alpha value is -3.48. The van der Waals surface area contributed by atoms with Crippen LogP contribution in [0.15, 0.2) is 60.7 Å². The van der Waals surface area contributed by atoms with Gasteiger partial charge < -0.3 is 9.80 Å². The van der Waals surface area contributed by atoms with Crippen LogP contribution in [0.25, 0.3) is 0 Å². The maximum Gasteiger partial charge on any atom is 0.255 e. The molecule has 5 rings (SSSR count). The van der Waals surface area contributed by atoms with Crippen molar-refractivity contribution in [3.63, 3.8) is 0 Å². The number of fused-ring (bicyclic) bond motifs is 5. The first-order valence-electron chi connectivity index (χ1n) is 10.4. The van der Waals surface area contributed by atoms with Gasteiger partial charge in [-0.15, -0.1) is 0 Å². The minimum atomic E-state index is -1.44. The summed E-state index contributed by atoms with van der Waals surface area (Å²) in [6, 6.07) is 17.6. The van der Waals surface area contributed by atoms with Crippen molar-refractivity contribution in [1.82, 2.24) is 14.7 Å². The molecule has 2 bridgehead atoms. The summed E-state index contributed by atoms with van der Waals surface area (Å²) in [5.74, 6) is -2.92. The first-order valence-corrected chi connectivity index (χ1v) is 10.4. The number of hydrogen-bond donors (Lipinski definition) is 0. The van der Waals surface area contributed by atoms with Gasteiger partial charge >= 0.3 is 0 Å². The second kappa shape index (κ2) is 6.77. The number of nitrogens with zero attached hydrogens (tertiary/aromatic N) is 3. The van der Waals surface area contributed by atoms with Gasteiger partial charge in [0, 0.05) is 32.6 Å². The van der Waals surface area contributed by atoms with Gasteiger partial charge in [-0.1, -0.05) is 48.5 Å². The Morgan fingerprint density at radius 2 is 1.55 bits per heavy atom. The van der Waals surface area contributed by atoms with Crippen molar-refractivity contribution < 1.29 is 19.2 Å². The van der Waals surface area contributed by atoms with Crippen molar-refractivity contribution in [1.29, 1.82) is 0 Å². The van der Waals surface area contributed by atoms with Crippen LogP contribution in [0, 0.1) is 11.8 Å². The van der Waals surface area contributed by atoms with Gasteiger partial charge in [-0.3, -0.25) is 24.1 Å². The first-order chi connectivity index (χ1) is 14.9. The smallest absolute Gasteiger partial charge is 0.255 e. The van der Waals surface area contributed by atoms with Gasteiger partial charge in [-0.2, -0.15) is 0 Å². The molecule has 3 aliphatic heterocycles. The summed E-state index contributed by atoms with van der Waals surface area (Å²) in [4.78, 5) is 58.2. The molecule has 0 saturated carbocycles. The highest BCUT2D eigenvalue weighted by Gasteiger charge is 2.74. The predicted molar refractivity (Wildman–Crippen MR) is 112 cm³/mol. The SMILES string of the molecule is CN1CC2C3C(=O)N(C)C(=O)C3[C@](Cc3ccccc3)(C1=O)N2C(=O)c1ccccc1. The van der Waals surface area contributed by atoms with Crippen molar-refractivity contribution in [2.24, 2.45) is 11.8 Å². The van der Waals surface area contributed by atoms with Crippen LogP contribution < -0.4 is 0 Å². The van der Waals surface area contributed by atoms with E-state index in [1.807, 2.05) is 36.4 Å². The zero-order valence-corrected chi connectivity index (χ0v) is 17.4. The Bertz CT molecular complexity index is 1090. The highest BCUT2D eigenvalue weighted by molar-refractivity contribution is 6.13. The molecule has 0 spiro atoms. The van der Waals surface area contributed by atoms with Gasteiger partial charge in [-0.05, 0) is 17.7 Å². The topological polar surface area (TPSA) is 78.0 Å². The molecule has 4 atom stereocenters. The summed E-state index contributed by atoms with van der Waals surface area (Å²) in [7, 11) is 3.14. The fourth-order valence-electron chi connectivity index (χ4n) is 5.69. The molecule has 158 valence electrons. The maximum absolute atomic E-state index is 13.8. The van der Waals surface area contributed by atoms with Gasteiger partial charge in [0.25, 0.3) is 5.91 Å². The van der Waals surface area contributed by atoms with Crippen LogP contribution in [0.1, 0.15) is 15.9 Å². The minimum absolute atomic E-state index is 0.181. The lowest BCUT2D eigenvalue weighted by Gasteiger charge is -2.48. The van der Waals surface area contributed by atoms with E-state index in [-0.39, 0.29) is 36.6 Å². The van der Waals surface area contributed by atoms with Crippen molar-refractivity contribution in [2.45, 2.75) is 18.0 Å². The molecule has 0 N–H and O–H groups in total. The second-order valence-electron chi connectivity index (χ2n) is 8.62. The average molecular weight is 417 g/mol. The quantitative estimate of drug-likeness (QED) is 0.703. The van der Waals surface area contributed by atoms with Crippen LogP contribution in [0.3, 0.4) is 0 Å². The first kappa shape index (κ1) is 19.5. The number of carbonyl (C=O) groups excluding carboxylic acids is 4. The summed E-state index contributed by atoms with van der Waals surface area (Å²) < 4.78 is 0. The Morgan fingerprint density at radius 1 is 0.935 bits per heavy atom. The lowest BCUT2D eigenvalue weighted by Crippen LogP contribution is -2.69. The predicted octanol–water partition coefficient (Wildman–Crippen LogP) is 1.20. The third kappa shape index (κ3) is 2.52. The standard InChI is InChI=1S/C24H23N3O4/c1-25-14-17-18-19(22(30)26(2)21(18)29)24(23(25)31,13-15-9-5-3-6-10-15)27(17)20(28)16-11-7-4-8-12-16/h3-12,17-19H,13-14H2,1-2H3/t17?,18?,19?,24-/m1/s1. The molecule has 31 heavy (non-hydrogen) atoms. The molecule has 0 radical (unpaired) electrons. The molecule has 7 heteroatoms. The number of likely N-dealkylation sites (N-methyl/N-ethyl adjacent to an activating group) is 1. The van der Waals surface area contributed by atoms with Gasteiger partial charge in [-0.25, -0.2) is 0 Å². The summed E-state index contributed by atoms with van der Waals surface area (Å²) in [6.07, 6.45) is 0.181. The van der Waals surface area contributed by atoms with Gasteiger partial charge in [0.1, 0.15) is 5.54 Å². The van der Waals surface area contributed by atoms with Crippen LogP contribution >= 0.6 is 0 Å². The average Bonchev–Trinajstić information content (AvgIpc) is 3.16. The van der Waals surface area contributed by atoms with Crippen molar-refractivity contribution in [2.75, 3.05) is 20.6 Å². The normalized spacial score (nSPS) is 29.5. The van der Waals surface area contributed by atoms with Crippen LogP contribution in [0.5, 0.6) is 0 Å². The Kier molecular flexibility index (Phi) is 4.25. The fraction of sp³-hybridized carbons (Fsp3) is 0.333. The summed E-state index contributed by atoms with van der Waals surface area (Å²) >= 11 is 0. The van der Waals surface area contributed by atoms with Crippen molar-refractivity contribution in [3.8, 4) is 0 Å². The van der Waals surface area contributed by atoms with Crippen molar-refractivity contribution >= 4 is 23.6 Å². The monoisotopic (exact) mass is 417 g/mol. The van der Waals surface area contributed by atoms with Gasteiger partial charge in [0.15, 0.2) is 0 Å². The van der Waals surface area contributed by atoms with Crippen LogP contribution in [-0.2, 0) is 20.8 Å². The van der Waals surface area contributed by atoms with Gasteiger partial charge in [0.2, 0.25) is 17.7 Å². The molecule has 0 aromatic heterocycles. The molecule has 3 unspecified atom stereocenters. The third-order valence-corrected chi connectivity index (χ3v) is 7.00. The zero-order chi connectivity index (χ0) is 21.9. The largest absolute Gasteiger partial charge is 0.342 e. The van der Waals surface area contributed by atoms with E-state index in [0.29, 0.717) is 5.56 Å². The van der Waals surface area contributed by atoms with E-state index in [4.69, 9.17) is 0 Å². The zero-order valence-electron chi connectivity index (χ0n) is 17.4. The van der Waals surface area contributed by atoms with E-state index in [9.17, 15) is 19.2 Å². The number of carbonyl (C=O) groups is 4. The maximum atomic E-state index is 13.8. The number of imide groups is 1. The summed E-state index contributed by atoms with van der Waals surface area (Å²) in [5, 5.41) is 0. The van der Waals surface area contributed by atoms with Crippen LogP contribution in [0.2, 0.25) is 0 Å². The molecule has 0 aliphatic carbocycles. The highest BCUT2D eigenvalue weighted by Crippen LogP contribution is 2.53. The Labute approximate surface area is 180 Å². The summed E-state index contributed by atoms with van der Waals surface area (Å²) in [6.45, 7) is 0.224. The molecule has 2 aromatic carbocycles. The van der Waals surface area contributed by atoms with Crippen LogP contribution in [-0.4, -0.2) is 70.5 Å². The van der Waals surface area contributed by atoms with E-state index in [1.165, 1.54) is 7.05 Å². The van der Waals surface area contributed by atoms with Gasteiger partial charge in [0.05, 0.1) is 17.9 Å². The number of piperazine rings is 1. The number of benzene rings is 2. The summed E-state index contributed by atoms with van der Waals surface area (Å²) in [5.41, 5.74) is -0.157. The molecule has 7 nitrogen and oxygen atoms in total. The molecular weight excluding hydrogens is 394 g/mol. The lowest BCUT2D eigenvalue weighted by molar-refractivity contribution is -0.154. The van der Waals surface area contributed by atoms with E-state index in [1.54, 1.807) is 41.1 Å². The number of rotatable bonds is 3.